The summed E-state index contributed by atoms with van der Waals surface area (Å²) in [5, 5.41) is 3.66. The predicted molar refractivity (Wildman–Crippen MR) is 88.8 cm³/mol. The van der Waals surface area contributed by atoms with Crippen LogP contribution in [0.4, 0.5) is 4.79 Å². The average molecular weight is 318 g/mol. The molecule has 0 bridgehead atoms. The normalized spacial score (nSPS) is 13.3. The van der Waals surface area contributed by atoms with E-state index in [1.54, 1.807) is 24.3 Å². The summed E-state index contributed by atoms with van der Waals surface area (Å²) in [7, 11) is 1.78. The number of carbonyl (C=O) groups is 1. The first-order valence-electron chi connectivity index (χ1n) is 7.17. The van der Waals surface area contributed by atoms with E-state index in [2.05, 4.69) is 10.3 Å². The quantitative estimate of drug-likeness (QED) is 0.918. The van der Waals surface area contributed by atoms with Crippen molar-refractivity contribution in [3.63, 3.8) is 0 Å². The molecule has 0 aliphatic rings. The Morgan fingerprint density at radius 1 is 1.18 bits per heavy atom. The van der Waals surface area contributed by atoms with Gasteiger partial charge >= 0.3 is 6.03 Å². The molecule has 0 spiro atoms. The van der Waals surface area contributed by atoms with Gasteiger partial charge < -0.3 is 10.2 Å². The molecule has 4 nitrogen and oxygen atoms in total. The summed E-state index contributed by atoms with van der Waals surface area (Å²) in [6, 6.07) is 11.1. The van der Waals surface area contributed by atoms with E-state index in [9.17, 15) is 4.79 Å². The van der Waals surface area contributed by atoms with Gasteiger partial charge in [0.1, 0.15) is 0 Å². The summed E-state index contributed by atoms with van der Waals surface area (Å²) in [4.78, 5) is 18.0. The highest BCUT2D eigenvalue weighted by Crippen LogP contribution is 2.22. The van der Waals surface area contributed by atoms with Crippen molar-refractivity contribution in [1.29, 1.82) is 0 Å². The van der Waals surface area contributed by atoms with Crippen molar-refractivity contribution in [2.45, 2.75) is 25.9 Å². The first kappa shape index (κ1) is 16.3. The van der Waals surface area contributed by atoms with E-state index >= 15 is 0 Å². The van der Waals surface area contributed by atoms with Crippen LogP contribution in [-0.2, 0) is 0 Å². The van der Waals surface area contributed by atoms with Gasteiger partial charge in [0.05, 0.1) is 12.1 Å². The first-order chi connectivity index (χ1) is 10.5. The Bertz CT molecular complexity index is 633. The Hall–Kier alpha value is -2.07. The van der Waals surface area contributed by atoms with Crippen molar-refractivity contribution < 1.29 is 4.79 Å². The van der Waals surface area contributed by atoms with E-state index in [1.165, 1.54) is 0 Å². The Kier molecular flexibility index (Phi) is 5.39. The first-order valence-corrected chi connectivity index (χ1v) is 7.55. The van der Waals surface area contributed by atoms with Crippen LogP contribution in [-0.4, -0.2) is 23.0 Å². The maximum atomic E-state index is 12.4. The fraction of sp³-hybridized carbons (Fsp3) is 0.294. The zero-order valence-electron chi connectivity index (χ0n) is 13.0. The predicted octanol–water partition coefficient (Wildman–Crippen LogP) is 4.20. The molecule has 0 fully saturated rings. The fourth-order valence-electron chi connectivity index (χ4n) is 2.19. The number of carbonyl (C=O) groups excluding carboxylic acids is 1. The molecule has 0 saturated carbocycles. The SMILES string of the molecule is C[C@H](NC(=O)N(C)[C@H](C)c1cccc(Cl)c1)c1ccncc1. The van der Waals surface area contributed by atoms with E-state index in [0.717, 1.165) is 11.1 Å². The topological polar surface area (TPSA) is 45.2 Å². The summed E-state index contributed by atoms with van der Waals surface area (Å²) < 4.78 is 0. The van der Waals surface area contributed by atoms with Gasteiger partial charge in [-0.25, -0.2) is 4.79 Å². The van der Waals surface area contributed by atoms with Crippen molar-refractivity contribution in [2.24, 2.45) is 0 Å². The molecule has 2 atom stereocenters. The third-order valence-corrected chi connectivity index (χ3v) is 4.01. The fourth-order valence-corrected chi connectivity index (χ4v) is 2.39. The number of hydrogen-bond acceptors (Lipinski definition) is 2. The number of amides is 2. The highest BCUT2D eigenvalue weighted by molar-refractivity contribution is 6.30. The second kappa shape index (κ2) is 7.27. The number of urea groups is 1. The minimum Gasteiger partial charge on any atom is -0.331 e. The van der Waals surface area contributed by atoms with Crippen LogP contribution in [0.5, 0.6) is 0 Å². The van der Waals surface area contributed by atoms with E-state index in [0.29, 0.717) is 5.02 Å². The van der Waals surface area contributed by atoms with Crippen LogP contribution in [0.15, 0.2) is 48.8 Å². The van der Waals surface area contributed by atoms with Crippen molar-refractivity contribution in [2.75, 3.05) is 7.05 Å². The monoisotopic (exact) mass is 317 g/mol. The summed E-state index contributed by atoms with van der Waals surface area (Å²) in [5.74, 6) is 0. The number of rotatable bonds is 4. The van der Waals surface area contributed by atoms with Crippen LogP contribution < -0.4 is 5.32 Å². The van der Waals surface area contributed by atoms with E-state index in [-0.39, 0.29) is 18.1 Å². The molecule has 0 radical (unpaired) electrons. The molecular formula is C17H20ClN3O. The molecule has 0 aliphatic heterocycles. The minimum absolute atomic E-state index is 0.0664. The standard InChI is InChI=1S/C17H20ClN3O/c1-12(14-7-9-19-10-8-14)20-17(22)21(3)13(2)15-5-4-6-16(18)11-15/h4-13H,1-3H3,(H,20,22)/t12-,13+/m0/s1. The molecule has 0 saturated heterocycles. The molecule has 116 valence electrons. The number of nitrogens with zero attached hydrogens (tertiary/aromatic N) is 2. The van der Waals surface area contributed by atoms with Gasteiger partial charge in [-0.15, -0.1) is 0 Å². The van der Waals surface area contributed by atoms with Crippen LogP contribution in [0.1, 0.15) is 37.1 Å². The van der Waals surface area contributed by atoms with Gasteiger partial charge in [-0.2, -0.15) is 0 Å². The number of benzene rings is 1. The lowest BCUT2D eigenvalue weighted by atomic mass is 10.1. The zero-order chi connectivity index (χ0) is 16.1. The number of pyridine rings is 1. The van der Waals surface area contributed by atoms with Crippen LogP contribution in [0.2, 0.25) is 5.02 Å². The van der Waals surface area contributed by atoms with Crippen LogP contribution in [0, 0.1) is 0 Å². The van der Waals surface area contributed by atoms with Crippen molar-refractivity contribution in [3.8, 4) is 0 Å². The molecule has 22 heavy (non-hydrogen) atoms. The van der Waals surface area contributed by atoms with Gasteiger partial charge in [0, 0.05) is 24.5 Å². The molecular weight excluding hydrogens is 298 g/mol. The smallest absolute Gasteiger partial charge is 0.318 e. The lowest BCUT2D eigenvalue weighted by molar-refractivity contribution is 0.191. The summed E-state index contributed by atoms with van der Waals surface area (Å²) >= 11 is 6.01. The van der Waals surface area contributed by atoms with Crippen molar-refractivity contribution in [3.05, 3.63) is 64.9 Å². The molecule has 2 rings (SSSR count). The van der Waals surface area contributed by atoms with Crippen LogP contribution in [0.3, 0.4) is 0 Å². The van der Waals surface area contributed by atoms with E-state index in [1.807, 2.05) is 50.2 Å². The van der Waals surface area contributed by atoms with Gasteiger partial charge in [-0.05, 0) is 49.2 Å². The second-order valence-electron chi connectivity index (χ2n) is 5.29. The number of aromatic nitrogens is 1. The molecule has 0 unspecified atom stereocenters. The van der Waals surface area contributed by atoms with E-state index in [4.69, 9.17) is 11.6 Å². The van der Waals surface area contributed by atoms with E-state index < -0.39 is 0 Å². The van der Waals surface area contributed by atoms with Gasteiger partial charge in [0.15, 0.2) is 0 Å². The molecule has 5 heteroatoms. The van der Waals surface area contributed by atoms with Crippen LogP contribution in [0.25, 0.3) is 0 Å². The number of halogens is 1. The largest absolute Gasteiger partial charge is 0.331 e. The number of hydrogen-bond donors (Lipinski definition) is 1. The van der Waals surface area contributed by atoms with Gasteiger partial charge in [0.2, 0.25) is 0 Å². The zero-order valence-corrected chi connectivity index (χ0v) is 13.7. The second-order valence-corrected chi connectivity index (χ2v) is 5.73. The summed E-state index contributed by atoms with van der Waals surface area (Å²) in [6.07, 6.45) is 3.44. The van der Waals surface area contributed by atoms with Crippen LogP contribution >= 0.6 is 11.6 Å². The van der Waals surface area contributed by atoms with Crippen molar-refractivity contribution >= 4 is 17.6 Å². The highest BCUT2D eigenvalue weighted by atomic mass is 35.5. The lowest BCUT2D eigenvalue weighted by Crippen LogP contribution is -2.39. The maximum Gasteiger partial charge on any atom is 0.318 e. The summed E-state index contributed by atoms with van der Waals surface area (Å²) in [5.41, 5.74) is 2.02. The Morgan fingerprint density at radius 3 is 2.50 bits per heavy atom. The molecule has 2 amide bonds. The van der Waals surface area contributed by atoms with Gasteiger partial charge in [0.25, 0.3) is 0 Å². The Morgan fingerprint density at radius 2 is 1.86 bits per heavy atom. The molecule has 1 heterocycles. The Labute approximate surface area is 136 Å². The molecule has 1 aromatic heterocycles. The Balaban J connectivity index is 2.02. The highest BCUT2D eigenvalue weighted by Gasteiger charge is 2.19. The third-order valence-electron chi connectivity index (χ3n) is 3.78. The minimum atomic E-state index is -0.128. The molecule has 2 aromatic rings. The van der Waals surface area contributed by atoms with Gasteiger partial charge in [-0.3, -0.25) is 4.98 Å². The molecule has 1 aromatic carbocycles. The third kappa shape index (κ3) is 3.98. The molecule has 1 N–H and O–H groups in total. The number of nitrogens with one attached hydrogen (secondary N) is 1. The lowest BCUT2D eigenvalue weighted by Gasteiger charge is -2.27. The average Bonchev–Trinajstić information content (AvgIpc) is 2.54. The van der Waals surface area contributed by atoms with Crippen molar-refractivity contribution in [1.82, 2.24) is 15.2 Å². The van der Waals surface area contributed by atoms with Gasteiger partial charge in [-0.1, -0.05) is 23.7 Å². The molecule has 0 aliphatic carbocycles. The maximum absolute atomic E-state index is 12.4. The summed E-state index contributed by atoms with van der Waals surface area (Å²) in [6.45, 7) is 3.92.